The summed E-state index contributed by atoms with van der Waals surface area (Å²) in [5.74, 6) is 0.220. The summed E-state index contributed by atoms with van der Waals surface area (Å²) >= 11 is 5.74. The first kappa shape index (κ1) is 12.4. The quantitative estimate of drug-likeness (QED) is 0.849. The Morgan fingerprint density at radius 3 is 2.63 bits per heavy atom. The predicted octanol–water partition coefficient (Wildman–Crippen LogP) is 4.23. The zero-order chi connectivity index (χ0) is 13.2. The molecule has 0 aliphatic heterocycles. The van der Waals surface area contributed by atoms with Crippen LogP contribution in [-0.2, 0) is 0 Å². The van der Waals surface area contributed by atoms with E-state index >= 15 is 0 Å². The standard InChI is InChI=1S/C15H14ClFN2/c16-15-6-5-11(9-18-15)19-12-7-10(8-12)13-3-1-2-4-14(13)17/h1-6,9-10,12,19H,7-8H2. The van der Waals surface area contributed by atoms with Gasteiger partial charge in [0.25, 0.3) is 0 Å². The van der Waals surface area contributed by atoms with Crippen molar-refractivity contribution in [2.45, 2.75) is 24.8 Å². The fraction of sp³-hybridized carbons (Fsp3) is 0.267. The van der Waals surface area contributed by atoms with Crippen LogP contribution >= 0.6 is 11.6 Å². The van der Waals surface area contributed by atoms with Gasteiger partial charge in [-0.3, -0.25) is 0 Å². The fourth-order valence-electron chi connectivity index (χ4n) is 2.49. The molecular weight excluding hydrogens is 263 g/mol. The van der Waals surface area contributed by atoms with Crippen LogP contribution in [0.4, 0.5) is 10.1 Å². The Labute approximate surface area is 116 Å². The Hall–Kier alpha value is -1.61. The van der Waals surface area contributed by atoms with Crippen LogP contribution in [0.25, 0.3) is 0 Å². The second kappa shape index (κ2) is 5.17. The summed E-state index contributed by atoms with van der Waals surface area (Å²) in [4.78, 5) is 4.02. The maximum Gasteiger partial charge on any atom is 0.129 e. The average Bonchev–Trinajstić information content (AvgIpc) is 2.37. The van der Waals surface area contributed by atoms with Crippen LogP contribution in [-0.4, -0.2) is 11.0 Å². The largest absolute Gasteiger partial charge is 0.381 e. The van der Waals surface area contributed by atoms with Gasteiger partial charge in [0.15, 0.2) is 0 Å². The van der Waals surface area contributed by atoms with E-state index in [-0.39, 0.29) is 5.82 Å². The molecule has 1 fully saturated rings. The maximum atomic E-state index is 13.6. The molecule has 0 unspecified atom stereocenters. The Balaban J connectivity index is 1.58. The van der Waals surface area contributed by atoms with Crippen molar-refractivity contribution in [3.05, 3.63) is 59.1 Å². The second-order valence-corrected chi connectivity index (χ2v) is 5.29. The van der Waals surface area contributed by atoms with E-state index in [1.165, 1.54) is 6.07 Å². The molecule has 0 atom stereocenters. The van der Waals surface area contributed by atoms with Gasteiger partial charge in [-0.25, -0.2) is 9.37 Å². The Morgan fingerprint density at radius 2 is 1.95 bits per heavy atom. The van der Waals surface area contributed by atoms with E-state index in [0.29, 0.717) is 17.1 Å². The molecule has 1 aliphatic rings. The molecule has 19 heavy (non-hydrogen) atoms. The highest BCUT2D eigenvalue weighted by Crippen LogP contribution is 2.39. The van der Waals surface area contributed by atoms with Gasteiger partial charge in [0.2, 0.25) is 0 Å². The van der Waals surface area contributed by atoms with Crippen molar-refractivity contribution in [2.75, 3.05) is 5.32 Å². The third-order valence-corrected chi connectivity index (χ3v) is 3.80. The molecule has 1 N–H and O–H groups in total. The first-order valence-electron chi connectivity index (χ1n) is 6.35. The van der Waals surface area contributed by atoms with Gasteiger partial charge in [-0.2, -0.15) is 0 Å². The van der Waals surface area contributed by atoms with Gasteiger partial charge in [0, 0.05) is 6.04 Å². The van der Waals surface area contributed by atoms with Crippen LogP contribution in [0.2, 0.25) is 5.15 Å². The number of nitrogens with zero attached hydrogens (tertiary/aromatic N) is 1. The molecule has 4 heteroatoms. The zero-order valence-electron chi connectivity index (χ0n) is 10.3. The minimum atomic E-state index is -0.0980. The molecular formula is C15H14ClFN2. The normalized spacial score (nSPS) is 21.8. The summed E-state index contributed by atoms with van der Waals surface area (Å²) in [6, 6.07) is 11.1. The van der Waals surface area contributed by atoms with E-state index in [9.17, 15) is 4.39 Å². The van der Waals surface area contributed by atoms with Crippen LogP contribution in [0.3, 0.4) is 0 Å². The van der Waals surface area contributed by atoms with Gasteiger partial charge in [-0.1, -0.05) is 29.8 Å². The van der Waals surface area contributed by atoms with Crippen molar-refractivity contribution in [1.29, 1.82) is 0 Å². The zero-order valence-corrected chi connectivity index (χ0v) is 11.1. The molecule has 2 nitrogen and oxygen atoms in total. The lowest BCUT2D eigenvalue weighted by Gasteiger charge is -2.36. The number of rotatable bonds is 3. The first-order valence-corrected chi connectivity index (χ1v) is 6.72. The van der Waals surface area contributed by atoms with E-state index in [1.807, 2.05) is 18.2 Å². The summed E-state index contributed by atoms with van der Waals surface area (Å²) in [5.41, 5.74) is 1.79. The topological polar surface area (TPSA) is 24.9 Å². The van der Waals surface area contributed by atoms with Crippen LogP contribution in [0.1, 0.15) is 24.3 Å². The van der Waals surface area contributed by atoms with E-state index < -0.39 is 0 Å². The number of aromatic nitrogens is 1. The second-order valence-electron chi connectivity index (χ2n) is 4.90. The molecule has 0 spiro atoms. The average molecular weight is 277 g/mol. The van der Waals surface area contributed by atoms with Gasteiger partial charge in [-0.05, 0) is 42.5 Å². The SMILES string of the molecule is Fc1ccccc1C1CC(Nc2ccc(Cl)nc2)C1. The molecule has 98 valence electrons. The van der Waals surface area contributed by atoms with Crippen LogP contribution in [0.5, 0.6) is 0 Å². The van der Waals surface area contributed by atoms with Crippen LogP contribution in [0, 0.1) is 5.82 Å². The summed E-state index contributed by atoms with van der Waals surface area (Å²) in [5, 5.41) is 3.87. The molecule has 1 saturated carbocycles. The van der Waals surface area contributed by atoms with Crippen LogP contribution in [0.15, 0.2) is 42.6 Å². The summed E-state index contributed by atoms with van der Waals surface area (Å²) in [6.07, 6.45) is 3.62. The van der Waals surface area contributed by atoms with Crippen molar-refractivity contribution in [3.8, 4) is 0 Å². The lowest BCUT2D eigenvalue weighted by Crippen LogP contribution is -2.34. The van der Waals surface area contributed by atoms with Gasteiger partial charge >= 0.3 is 0 Å². The van der Waals surface area contributed by atoms with Crippen molar-refractivity contribution >= 4 is 17.3 Å². The predicted molar refractivity (Wildman–Crippen MR) is 75.0 cm³/mol. The molecule has 0 bridgehead atoms. The Kier molecular flexibility index (Phi) is 3.38. The third kappa shape index (κ3) is 2.71. The number of nitrogens with one attached hydrogen (secondary N) is 1. The minimum absolute atomic E-state index is 0.0980. The summed E-state index contributed by atoms with van der Waals surface area (Å²) < 4.78 is 13.6. The first-order chi connectivity index (χ1) is 9.22. The summed E-state index contributed by atoms with van der Waals surface area (Å²) in [6.45, 7) is 0. The Bertz CT molecular complexity index is 565. The van der Waals surface area contributed by atoms with E-state index in [0.717, 1.165) is 24.1 Å². The van der Waals surface area contributed by atoms with Crippen LogP contribution < -0.4 is 5.32 Å². The molecule has 1 aromatic heterocycles. The lowest BCUT2D eigenvalue weighted by atomic mass is 9.75. The van der Waals surface area contributed by atoms with E-state index in [1.54, 1.807) is 18.3 Å². The lowest BCUT2D eigenvalue weighted by molar-refractivity contribution is 0.363. The molecule has 1 heterocycles. The summed E-state index contributed by atoms with van der Waals surface area (Å²) in [7, 11) is 0. The number of halogens is 2. The smallest absolute Gasteiger partial charge is 0.129 e. The van der Waals surface area contributed by atoms with Crippen molar-refractivity contribution in [1.82, 2.24) is 4.98 Å². The maximum absolute atomic E-state index is 13.6. The number of anilines is 1. The van der Waals surface area contributed by atoms with Crippen molar-refractivity contribution in [2.24, 2.45) is 0 Å². The van der Waals surface area contributed by atoms with Gasteiger partial charge in [0.1, 0.15) is 11.0 Å². The molecule has 1 aliphatic carbocycles. The number of benzene rings is 1. The molecule has 3 rings (SSSR count). The van der Waals surface area contributed by atoms with Gasteiger partial charge in [-0.15, -0.1) is 0 Å². The highest BCUT2D eigenvalue weighted by Gasteiger charge is 2.31. The number of hydrogen-bond acceptors (Lipinski definition) is 2. The molecule has 2 aromatic rings. The number of pyridine rings is 1. The van der Waals surface area contributed by atoms with E-state index in [4.69, 9.17) is 11.6 Å². The molecule has 0 saturated heterocycles. The molecule has 0 amide bonds. The number of hydrogen-bond donors (Lipinski definition) is 1. The highest BCUT2D eigenvalue weighted by atomic mass is 35.5. The molecule has 1 aromatic carbocycles. The van der Waals surface area contributed by atoms with Crippen molar-refractivity contribution < 1.29 is 4.39 Å². The highest BCUT2D eigenvalue weighted by molar-refractivity contribution is 6.29. The third-order valence-electron chi connectivity index (χ3n) is 3.58. The van der Waals surface area contributed by atoms with Gasteiger partial charge in [0.05, 0.1) is 11.9 Å². The molecule has 0 radical (unpaired) electrons. The van der Waals surface area contributed by atoms with E-state index in [2.05, 4.69) is 10.3 Å². The fourth-order valence-corrected chi connectivity index (χ4v) is 2.60. The monoisotopic (exact) mass is 276 g/mol. The van der Waals surface area contributed by atoms with Gasteiger partial charge < -0.3 is 5.32 Å². The Morgan fingerprint density at radius 1 is 1.16 bits per heavy atom. The van der Waals surface area contributed by atoms with Crippen molar-refractivity contribution in [3.63, 3.8) is 0 Å². The minimum Gasteiger partial charge on any atom is -0.381 e.